The van der Waals surface area contributed by atoms with Crippen LogP contribution in [0.3, 0.4) is 0 Å². The lowest BCUT2D eigenvalue weighted by atomic mass is 9.84. The summed E-state index contributed by atoms with van der Waals surface area (Å²) >= 11 is 0. The zero-order valence-corrected chi connectivity index (χ0v) is 26.4. The Morgan fingerprint density at radius 2 is 1.75 bits per heavy atom. The predicted molar refractivity (Wildman–Crippen MR) is 167 cm³/mol. The van der Waals surface area contributed by atoms with Crippen LogP contribution in [-0.2, 0) is 36.1 Å². The molecule has 6 rings (SSSR count). The molecule has 51 heavy (non-hydrogen) atoms. The molecule has 0 saturated heterocycles. The van der Waals surface area contributed by atoms with Gasteiger partial charge in [0.05, 0.1) is 41.5 Å². The molecule has 0 bridgehead atoms. The van der Waals surface area contributed by atoms with Crippen molar-refractivity contribution in [2.75, 3.05) is 0 Å². The number of nitrogens with two attached hydrogens (primary N) is 1. The number of nitrogens with zero attached hydrogens (tertiary/aromatic N) is 6. The summed E-state index contributed by atoms with van der Waals surface area (Å²) in [6.07, 6.45) is -10.2. The quantitative estimate of drug-likeness (QED) is 0.205. The number of guanidine groups is 1. The van der Waals surface area contributed by atoms with E-state index < -0.39 is 78.4 Å². The molecule has 9 nitrogen and oxygen atoms in total. The van der Waals surface area contributed by atoms with E-state index in [0.29, 0.717) is 28.5 Å². The number of aromatic nitrogens is 2. The summed E-state index contributed by atoms with van der Waals surface area (Å²) in [6.45, 7) is -0.687. The first-order valence-electron chi connectivity index (χ1n) is 15.4. The first-order valence-corrected chi connectivity index (χ1v) is 15.4. The van der Waals surface area contributed by atoms with Gasteiger partial charge in [0.1, 0.15) is 5.82 Å². The molecule has 2 aliphatic rings. The van der Waals surface area contributed by atoms with Crippen LogP contribution in [0.2, 0.25) is 0 Å². The van der Waals surface area contributed by atoms with Crippen molar-refractivity contribution >= 4 is 17.8 Å². The topological polar surface area (TPSA) is 129 Å². The van der Waals surface area contributed by atoms with Crippen molar-refractivity contribution in [3.05, 3.63) is 118 Å². The number of alkyl halides is 6. The number of hydrogen-bond donors (Lipinski definition) is 1. The Hall–Kier alpha value is -5.85. The van der Waals surface area contributed by atoms with Gasteiger partial charge in [-0.25, -0.2) is 19.4 Å². The lowest BCUT2D eigenvalue weighted by molar-refractivity contribution is -0.139. The highest BCUT2D eigenvalue weighted by molar-refractivity contribution is 6.07. The summed E-state index contributed by atoms with van der Waals surface area (Å²) < 4.78 is 95.5. The molecule has 0 unspecified atom stereocenters. The van der Waals surface area contributed by atoms with Crippen LogP contribution in [0.15, 0.2) is 77.9 Å². The van der Waals surface area contributed by atoms with Crippen molar-refractivity contribution in [2.45, 2.75) is 56.8 Å². The molecule has 3 aromatic carbocycles. The highest BCUT2D eigenvalue weighted by Gasteiger charge is 2.49. The van der Waals surface area contributed by atoms with Crippen molar-refractivity contribution < 1.29 is 40.3 Å². The summed E-state index contributed by atoms with van der Waals surface area (Å²) in [6, 6.07) is 15.8. The standard InChI is InChI=1S/C35H26F7N7O2/c36-25-8-6-24(7-9-25)33(11-2-12-34(37,38)39)31(51)49(32(44)47-33)17-21-5-10-27(35(40,41)42)26(14-21)30(50)48-18-23-16-45-29(46-28(23)19-48)22-4-1-3-20(13-22)15-43/h1,3-10,13-14,16H,2,11-12,17-19H2,(H2,44,47)/t33-/m1/s1. The molecule has 3 heterocycles. The second-order valence-electron chi connectivity index (χ2n) is 12.1. The van der Waals surface area contributed by atoms with Crippen LogP contribution in [0.25, 0.3) is 11.4 Å². The minimum Gasteiger partial charge on any atom is -0.369 e. The van der Waals surface area contributed by atoms with E-state index in [-0.39, 0.29) is 30.0 Å². The molecule has 0 aliphatic carbocycles. The molecule has 0 spiro atoms. The third-order valence-corrected chi connectivity index (χ3v) is 8.66. The maximum Gasteiger partial charge on any atom is 0.417 e. The molecule has 16 heteroatoms. The average Bonchev–Trinajstić information content (AvgIpc) is 3.62. The zero-order valence-electron chi connectivity index (χ0n) is 26.4. The van der Waals surface area contributed by atoms with Crippen molar-refractivity contribution in [2.24, 2.45) is 10.7 Å². The molecule has 4 aromatic rings. The minimum absolute atomic E-state index is 0.0548. The van der Waals surface area contributed by atoms with Crippen LogP contribution in [0.4, 0.5) is 30.7 Å². The van der Waals surface area contributed by atoms with E-state index in [1.165, 1.54) is 23.2 Å². The Kier molecular flexibility index (Phi) is 9.00. The molecule has 2 aliphatic heterocycles. The number of benzene rings is 3. The van der Waals surface area contributed by atoms with Crippen LogP contribution in [0.1, 0.15) is 63.1 Å². The van der Waals surface area contributed by atoms with Gasteiger partial charge >= 0.3 is 12.4 Å². The third-order valence-electron chi connectivity index (χ3n) is 8.66. The van der Waals surface area contributed by atoms with Gasteiger partial charge in [0.2, 0.25) is 0 Å². The van der Waals surface area contributed by atoms with Crippen molar-refractivity contribution in [3.8, 4) is 17.5 Å². The van der Waals surface area contributed by atoms with Gasteiger partial charge in [-0.2, -0.15) is 31.6 Å². The van der Waals surface area contributed by atoms with Gasteiger partial charge in [-0.05, 0) is 60.4 Å². The molecule has 0 fully saturated rings. The number of aliphatic imine (C=N–C) groups is 1. The molecule has 2 N–H and O–H groups in total. The lowest BCUT2D eigenvalue weighted by Crippen LogP contribution is -2.42. The van der Waals surface area contributed by atoms with Gasteiger partial charge in [0, 0.05) is 30.3 Å². The number of amides is 2. The normalized spacial score (nSPS) is 17.4. The Labute approximate surface area is 285 Å². The van der Waals surface area contributed by atoms with Crippen molar-refractivity contribution in [1.82, 2.24) is 19.8 Å². The number of halogens is 7. The van der Waals surface area contributed by atoms with E-state index in [1.807, 2.05) is 6.07 Å². The first-order chi connectivity index (χ1) is 24.1. The molecular weight excluding hydrogens is 683 g/mol. The lowest BCUT2D eigenvalue weighted by Gasteiger charge is -2.27. The highest BCUT2D eigenvalue weighted by Crippen LogP contribution is 2.40. The number of fused-ring (bicyclic) bond motifs is 1. The smallest absolute Gasteiger partial charge is 0.369 e. The number of hydrogen-bond acceptors (Lipinski definition) is 7. The number of carbonyl (C=O) groups excluding carboxylic acids is 2. The predicted octanol–water partition coefficient (Wildman–Crippen LogP) is 6.61. The van der Waals surface area contributed by atoms with Crippen LogP contribution in [0.5, 0.6) is 0 Å². The third kappa shape index (κ3) is 7.09. The molecule has 0 saturated carbocycles. The van der Waals surface area contributed by atoms with Crippen LogP contribution >= 0.6 is 0 Å². The van der Waals surface area contributed by atoms with E-state index in [9.17, 15) is 45.6 Å². The molecule has 262 valence electrons. The average molecular weight is 710 g/mol. The number of rotatable bonds is 8. The van der Waals surface area contributed by atoms with Gasteiger partial charge < -0.3 is 10.6 Å². The Morgan fingerprint density at radius 1 is 1.00 bits per heavy atom. The fraction of sp³-hybridized carbons (Fsp3) is 0.257. The van der Waals surface area contributed by atoms with Crippen molar-refractivity contribution in [3.63, 3.8) is 0 Å². The zero-order chi connectivity index (χ0) is 36.7. The summed E-state index contributed by atoms with van der Waals surface area (Å²) in [4.78, 5) is 42.7. The Morgan fingerprint density at radius 3 is 2.43 bits per heavy atom. The Balaban J connectivity index is 1.27. The molecule has 2 amide bonds. The van der Waals surface area contributed by atoms with E-state index in [4.69, 9.17) is 5.73 Å². The molecule has 1 atom stereocenters. The maximum atomic E-state index is 14.2. The molecule has 0 radical (unpaired) electrons. The fourth-order valence-electron chi connectivity index (χ4n) is 6.18. The maximum absolute atomic E-state index is 14.2. The van der Waals surface area contributed by atoms with Crippen LogP contribution < -0.4 is 5.73 Å². The van der Waals surface area contributed by atoms with E-state index in [1.54, 1.807) is 24.3 Å². The van der Waals surface area contributed by atoms with Gasteiger partial charge in [0.15, 0.2) is 17.3 Å². The minimum atomic E-state index is -4.94. The van der Waals surface area contributed by atoms with Crippen molar-refractivity contribution in [1.29, 1.82) is 5.26 Å². The van der Waals surface area contributed by atoms with Gasteiger partial charge in [-0.3, -0.25) is 14.5 Å². The van der Waals surface area contributed by atoms with E-state index >= 15 is 0 Å². The summed E-state index contributed by atoms with van der Waals surface area (Å²) in [7, 11) is 0. The highest BCUT2D eigenvalue weighted by atomic mass is 19.4. The first kappa shape index (κ1) is 35.0. The van der Waals surface area contributed by atoms with Gasteiger partial charge in [0.25, 0.3) is 11.8 Å². The van der Waals surface area contributed by atoms with Gasteiger partial charge in [-0.1, -0.05) is 30.3 Å². The van der Waals surface area contributed by atoms with E-state index in [0.717, 1.165) is 29.2 Å². The fourth-order valence-corrected chi connectivity index (χ4v) is 6.18. The Bertz CT molecular complexity index is 2090. The SMILES string of the molecule is N#Cc1cccc(-c2ncc3c(n2)CN(C(=O)c2cc(CN4C(=O)[C@@](CCCC(F)(F)F)(c5ccc(F)cc5)N=C4N)ccc2C(F)(F)F)C3)c1. The van der Waals surface area contributed by atoms with Crippen LogP contribution in [-0.4, -0.2) is 43.7 Å². The van der Waals surface area contributed by atoms with Crippen LogP contribution in [0, 0.1) is 17.1 Å². The van der Waals surface area contributed by atoms with Gasteiger partial charge in [-0.15, -0.1) is 0 Å². The number of carbonyl (C=O) groups is 2. The second-order valence-corrected chi connectivity index (χ2v) is 12.1. The largest absolute Gasteiger partial charge is 0.417 e. The monoisotopic (exact) mass is 709 g/mol. The summed E-state index contributed by atoms with van der Waals surface area (Å²) in [5.41, 5.74) is 4.21. The summed E-state index contributed by atoms with van der Waals surface area (Å²) in [5.74, 6) is -2.63. The van der Waals surface area contributed by atoms with E-state index in [2.05, 4.69) is 15.0 Å². The number of nitriles is 1. The summed E-state index contributed by atoms with van der Waals surface area (Å²) in [5, 5.41) is 9.21. The second kappa shape index (κ2) is 13.1. The molecule has 1 aromatic heterocycles. The molecular formula is C35H26F7N7O2.